The van der Waals surface area contributed by atoms with Crippen LogP contribution in [0.15, 0.2) is 255 Å². The fraction of sp³-hybridized carbons (Fsp3) is 0. The van der Waals surface area contributed by atoms with Gasteiger partial charge in [-0.05, 0) is 128 Å². The largest absolute Gasteiger partial charge is 0.311 e. The summed E-state index contributed by atoms with van der Waals surface area (Å²) < 4.78 is 0. The number of fused-ring (bicyclic) bond motifs is 1. The van der Waals surface area contributed by atoms with Crippen molar-refractivity contribution >= 4 is 44.9 Å². The van der Waals surface area contributed by atoms with Gasteiger partial charge < -0.3 is 9.80 Å². The number of anilines is 6. The molecule has 60 heavy (non-hydrogen) atoms. The molecule has 10 aromatic carbocycles. The zero-order chi connectivity index (χ0) is 40.1. The summed E-state index contributed by atoms with van der Waals surface area (Å²) >= 11 is 0. The van der Waals surface area contributed by atoms with Gasteiger partial charge >= 0.3 is 0 Å². The standard InChI is InChI=1S/C58H42N2/c1-4-13-43(14-5-1)44-23-25-45(26-24-44)46-27-35-53(36-28-46)59(51-17-6-2-7-18-51)54-37-29-47(30-38-54)48-31-39-55(40-32-48)60(52-19-8-3-9-20-52)56-41-33-50(34-42-56)58-22-12-16-49-15-10-11-21-57(49)58/h1-42H. The third kappa shape index (κ3) is 7.46. The maximum Gasteiger partial charge on any atom is 0.0462 e. The Morgan fingerprint density at radius 1 is 0.183 bits per heavy atom. The minimum Gasteiger partial charge on any atom is -0.311 e. The quantitative estimate of drug-likeness (QED) is 0.137. The molecule has 0 aliphatic carbocycles. The Hall–Kier alpha value is -7.94. The van der Waals surface area contributed by atoms with Crippen LogP contribution in [0.4, 0.5) is 34.1 Å². The van der Waals surface area contributed by atoms with Crippen molar-refractivity contribution in [3.63, 3.8) is 0 Å². The molecule has 0 amide bonds. The third-order valence-electron chi connectivity index (χ3n) is 11.3. The molecule has 2 nitrogen and oxygen atoms in total. The second-order valence-electron chi connectivity index (χ2n) is 15.0. The summed E-state index contributed by atoms with van der Waals surface area (Å²) in [6.45, 7) is 0. The zero-order valence-electron chi connectivity index (χ0n) is 33.1. The first-order chi connectivity index (χ1) is 29.7. The first-order valence-corrected chi connectivity index (χ1v) is 20.5. The second-order valence-corrected chi connectivity index (χ2v) is 15.0. The van der Waals surface area contributed by atoms with E-state index in [1.165, 1.54) is 55.3 Å². The van der Waals surface area contributed by atoms with Crippen molar-refractivity contribution in [3.8, 4) is 44.5 Å². The highest BCUT2D eigenvalue weighted by molar-refractivity contribution is 5.97. The predicted octanol–water partition coefficient (Wildman–Crippen LogP) is 16.4. The average molecular weight is 767 g/mol. The van der Waals surface area contributed by atoms with E-state index in [-0.39, 0.29) is 0 Å². The highest BCUT2D eigenvalue weighted by Gasteiger charge is 2.16. The van der Waals surface area contributed by atoms with Gasteiger partial charge in [0.25, 0.3) is 0 Å². The van der Waals surface area contributed by atoms with Crippen molar-refractivity contribution in [2.45, 2.75) is 0 Å². The lowest BCUT2D eigenvalue weighted by Gasteiger charge is -2.26. The highest BCUT2D eigenvalue weighted by Crippen LogP contribution is 2.40. The smallest absolute Gasteiger partial charge is 0.0462 e. The van der Waals surface area contributed by atoms with Crippen LogP contribution in [-0.4, -0.2) is 0 Å². The molecule has 0 radical (unpaired) electrons. The van der Waals surface area contributed by atoms with Crippen LogP contribution in [-0.2, 0) is 0 Å². The number of benzene rings is 10. The fourth-order valence-electron chi connectivity index (χ4n) is 8.21. The molecule has 0 spiro atoms. The summed E-state index contributed by atoms with van der Waals surface area (Å²) in [5.74, 6) is 0. The van der Waals surface area contributed by atoms with E-state index < -0.39 is 0 Å². The van der Waals surface area contributed by atoms with Gasteiger partial charge in [0.15, 0.2) is 0 Å². The molecular weight excluding hydrogens is 725 g/mol. The molecule has 0 heterocycles. The first kappa shape index (κ1) is 36.4. The van der Waals surface area contributed by atoms with Crippen LogP contribution in [0.2, 0.25) is 0 Å². The van der Waals surface area contributed by atoms with E-state index in [2.05, 4.69) is 265 Å². The lowest BCUT2D eigenvalue weighted by atomic mass is 9.98. The van der Waals surface area contributed by atoms with E-state index in [4.69, 9.17) is 0 Å². The van der Waals surface area contributed by atoms with Gasteiger partial charge in [0, 0.05) is 34.1 Å². The Balaban J connectivity index is 0.910. The molecular formula is C58H42N2. The van der Waals surface area contributed by atoms with Gasteiger partial charge in [-0.15, -0.1) is 0 Å². The molecule has 0 N–H and O–H groups in total. The van der Waals surface area contributed by atoms with Crippen molar-refractivity contribution in [2.75, 3.05) is 9.80 Å². The maximum atomic E-state index is 2.32. The van der Waals surface area contributed by atoms with Gasteiger partial charge in [-0.1, -0.05) is 182 Å². The minimum atomic E-state index is 1.10. The van der Waals surface area contributed by atoms with Crippen molar-refractivity contribution in [2.24, 2.45) is 0 Å². The summed E-state index contributed by atoms with van der Waals surface area (Å²) in [7, 11) is 0. The molecule has 0 saturated carbocycles. The Morgan fingerprint density at radius 2 is 0.467 bits per heavy atom. The van der Waals surface area contributed by atoms with Gasteiger partial charge in [0.1, 0.15) is 0 Å². The molecule has 0 unspecified atom stereocenters. The zero-order valence-corrected chi connectivity index (χ0v) is 33.1. The lowest BCUT2D eigenvalue weighted by molar-refractivity contribution is 1.28. The summed E-state index contributed by atoms with van der Waals surface area (Å²) in [6.07, 6.45) is 0. The van der Waals surface area contributed by atoms with E-state index in [1.807, 2.05) is 0 Å². The number of hydrogen-bond donors (Lipinski definition) is 0. The Bertz CT molecular complexity index is 2960. The second kappa shape index (κ2) is 16.5. The van der Waals surface area contributed by atoms with Crippen LogP contribution in [0.5, 0.6) is 0 Å². The number of rotatable bonds is 10. The van der Waals surface area contributed by atoms with Crippen LogP contribution < -0.4 is 9.80 Å². The Morgan fingerprint density at radius 3 is 0.883 bits per heavy atom. The van der Waals surface area contributed by atoms with E-state index >= 15 is 0 Å². The van der Waals surface area contributed by atoms with Crippen LogP contribution in [0, 0.1) is 0 Å². The van der Waals surface area contributed by atoms with Gasteiger partial charge in [0.2, 0.25) is 0 Å². The first-order valence-electron chi connectivity index (χ1n) is 20.5. The molecule has 0 aliphatic heterocycles. The molecule has 0 aliphatic rings. The molecule has 0 aromatic heterocycles. The van der Waals surface area contributed by atoms with Crippen LogP contribution >= 0.6 is 0 Å². The fourth-order valence-corrected chi connectivity index (χ4v) is 8.21. The summed E-state index contributed by atoms with van der Waals surface area (Å²) in [6, 6.07) is 91.3. The molecule has 0 saturated heterocycles. The predicted molar refractivity (Wildman–Crippen MR) is 255 cm³/mol. The molecule has 284 valence electrons. The molecule has 10 aromatic rings. The van der Waals surface area contributed by atoms with Crippen molar-refractivity contribution in [3.05, 3.63) is 255 Å². The average Bonchev–Trinajstić information content (AvgIpc) is 3.33. The van der Waals surface area contributed by atoms with E-state index in [0.717, 1.165) is 34.1 Å². The Labute approximate surface area is 352 Å². The third-order valence-corrected chi connectivity index (χ3v) is 11.3. The van der Waals surface area contributed by atoms with Crippen molar-refractivity contribution in [1.82, 2.24) is 0 Å². The van der Waals surface area contributed by atoms with Crippen LogP contribution in [0.25, 0.3) is 55.3 Å². The molecule has 10 rings (SSSR count). The van der Waals surface area contributed by atoms with Crippen LogP contribution in [0.3, 0.4) is 0 Å². The number of nitrogens with zero attached hydrogens (tertiary/aromatic N) is 2. The molecule has 0 atom stereocenters. The van der Waals surface area contributed by atoms with Crippen molar-refractivity contribution in [1.29, 1.82) is 0 Å². The van der Waals surface area contributed by atoms with Gasteiger partial charge in [-0.25, -0.2) is 0 Å². The highest BCUT2D eigenvalue weighted by atomic mass is 15.1. The van der Waals surface area contributed by atoms with Gasteiger partial charge in [-0.3, -0.25) is 0 Å². The van der Waals surface area contributed by atoms with Crippen molar-refractivity contribution < 1.29 is 0 Å². The Kier molecular flexibility index (Phi) is 10.0. The molecule has 0 bridgehead atoms. The summed E-state index contributed by atoms with van der Waals surface area (Å²) in [5, 5.41) is 2.51. The summed E-state index contributed by atoms with van der Waals surface area (Å²) in [5.41, 5.74) is 16.3. The monoisotopic (exact) mass is 766 g/mol. The SMILES string of the molecule is c1ccc(-c2ccc(-c3ccc(N(c4ccccc4)c4ccc(-c5ccc(N(c6ccccc6)c6ccc(-c7cccc8ccccc78)cc6)cc5)cc4)cc3)cc2)cc1. The lowest BCUT2D eigenvalue weighted by Crippen LogP contribution is -2.10. The minimum absolute atomic E-state index is 1.10. The summed E-state index contributed by atoms with van der Waals surface area (Å²) in [4.78, 5) is 4.64. The van der Waals surface area contributed by atoms with E-state index in [0.29, 0.717) is 0 Å². The van der Waals surface area contributed by atoms with E-state index in [9.17, 15) is 0 Å². The number of hydrogen-bond acceptors (Lipinski definition) is 2. The van der Waals surface area contributed by atoms with Gasteiger partial charge in [-0.2, -0.15) is 0 Å². The van der Waals surface area contributed by atoms with Crippen LogP contribution in [0.1, 0.15) is 0 Å². The maximum absolute atomic E-state index is 2.32. The van der Waals surface area contributed by atoms with Gasteiger partial charge in [0.05, 0.1) is 0 Å². The molecule has 2 heteroatoms. The normalized spacial score (nSPS) is 11.0. The number of para-hydroxylation sites is 2. The topological polar surface area (TPSA) is 6.48 Å². The van der Waals surface area contributed by atoms with E-state index in [1.54, 1.807) is 0 Å². The molecule has 0 fully saturated rings.